The van der Waals surface area contributed by atoms with E-state index in [1.165, 1.54) is 0 Å². The van der Waals surface area contributed by atoms with Crippen molar-refractivity contribution in [3.05, 3.63) is 52.2 Å². The van der Waals surface area contributed by atoms with Crippen LogP contribution in [0.1, 0.15) is 22.5 Å². The fourth-order valence-corrected chi connectivity index (χ4v) is 2.61. The van der Waals surface area contributed by atoms with Gasteiger partial charge in [0.15, 0.2) is 0 Å². The van der Waals surface area contributed by atoms with Crippen molar-refractivity contribution in [1.82, 2.24) is 10.4 Å². The standard InChI is InChI=1S/C13H13N3OS/c1-8-15-10(7-18-8)13(16-14)12-6-9-4-2-3-5-11(9)17-12/h2-7,13,16H,14H2,1H3. The lowest BCUT2D eigenvalue weighted by Gasteiger charge is -2.09. The third kappa shape index (κ3) is 1.92. The minimum atomic E-state index is -0.206. The maximum Gasteiger partial charge on any atom is 0.134 e. The van der Waals surface area contributed by atoms with Gasteiger partial charge in [0, 0.05) is 10.8 Å². The molecule has 3 N–H and O–H groups in total. The average molecular weight is 259 g/mol. The first-order valence-corrected chi connectivity index (χ1v) is 6.52. The maximum absolute atomic E-state index is 5.81. The molecule has 0 saturated heterocycles. The summed E-state index contributed by atoms with van der Waals surface area (Å²) in [7, 11) is 0. The fourth-order valence-electron chi connectivity index (χ4n) is 1.97. The first-order valence-electron chi connectivity index (χ1n) is 5.64. The Morgan fingerprint density at radius 3 is 2.89 bits per heavy atom. The van der Waals surface area contributed by atoms with Crippen LogP contribution in [0, 0.1) is 6.92 Å². The number of para-hydroxylation sites is 1. The number of nitrogens with zero attached hydrogens (tertiary/aromatic N) is 1. The summed E-state index contributed by atoms with van der Waals surface area (Å²) in [6.45, 7) is 1.97. The average Bonchev–Trinajstić information content (AvgIpc) is 2.96. The van der Waals surface area contributed by atoms with Crippen LogP contribution in [0.3, 0.4) is 0 Å². The molecule has 18 heavy (non-hydrogen) atoms. The molecule has 0 radical (unpaired) electrons. The van der Waals surface area contributed by atoms with Gasteiger partial charge in [0.25, 0.3) is 0 Å². The number of benzene rings is 1. The smallest absolute Gasteiger partial charge is 0.134 e. The van der Waals surface area contributed by atoms with Gasteiger partial charge >= 0.3 is 0 Å². The van der Waals surface area contributed by atoms with Crippen LogP contribution in [0.15, 0.2) is 40.1 Å². The van der Waals surface area contributed by atoms with Gasteiger partial charge < -0.3 is 4.42 Å². The SMILES string of the molecule is Cc1nc(C(NN)c2cc3ccccc3o2)cs1. The van der Waals surface area contributed by atoms with Crippen molar-refractivity contribution < 1.29 is 4.42 Å². The van der Waals surface area contributed by atoms with E-state index in [0.29, 0.717) is 0 Å². The molecule has 0 bridgehead atoms. The third-order valence-corrected chi connectivity index (χ3v) is 3.62. The number of hydrazine groups is 1. The molecule has 1 unspecified atom stereocenters. The number of hydrogen-bond donors (Lipinski definition) is 2. The van der Waals surface area contributed by atoms with Crippen molar-refractivity contribution in [3.8, 4) is 0 Å². The quantitative estimate of drug-likeness (QED) is 0.561. The number of aromatic nitrogens is 1. The molecule has 3 aromatic rings. The van der Waals surface area contributed by atoms with Gasteiger partial charge in [-0.15, -0.1) is 11.3 Å². The van der Waals surface area contributed by atoms with Gasteiger partial charge in [-0.1, -0.05) is 18.2 Å². The van der Waals surface area contributed by atoms with E-state index >= 15 is 0 Å². The van der Waals surface area contributed by atoms with Crippen LogP contribution in [0.2, 0.25) is 0 Å². The van der Waals surface area contributed by atoms with Crippen molar-refractivity contribution in [2.24, 2.45) is 5.84 Å². The third-order valence-electron chi connectivity index (χ3n) is 2.83. The topological polar surface area (TPSA) is 64.1 Å². The molecule has 0 amide bonds. The Morgan fingerprint density at radius 2 is 2.22 bits per heavy atom. The van der Waals surface area contributed by atoms with Gasteiger partial charge in [0.2, 0.25) is 0 Å². The lowest BCUT2D eigenvalue weighted by Crippen LogP contribution is -2.28. The molecule has 4 nitrogen and oxygen atoms in total. The Labute approximate surface area is 108 Å². The van der Waals surface area contributed by atoms with E-state index in [9.17, 15) is 0 Å². The van der Waals surface area contributed by atoms with Crippen LogP contribution in [-0.2, 0) is 0 Å². The van der Waals surface area contributed by atoms with Gasteiger partial charge in [-0.25, -0.2) is 10.4 Å². The Hall–Kier alpha value is -1.69. The minimum absolute atomic E-state index is 0.206. The molecule has 2 aromatic heterocycles. The second-order valence-electron chi connectivity index (χ2n) is 4.08. The number of hydrogen-bond acceptors (Lipinski definition) is 5. The zero-order chi connectivity index (χ0) is 12.5. The molecule has 0 fully saturated rings. The highest BCUT2D eigenvalue weighted by Gasteiger charge is 2.19. The Kier molecular flexibility index (Phi) is 2.87. The zero-order valence-electron chi connectivity index (χ0n) is 9.88. The molecule has 0 aliphatic heterocycles. The van der Waals surface area contributed by atoms with Crippen LogP contribution in [0.25, 0.3) is 11.0 Å². The number of nitrogens with one attached hydrogen (secondary N) is 1. The van der Waals surface area contributed by atoms with E-state index < -0.39 is 0 Å². The van der Waals surface area contributed by atoms with E-state index in [2.05, 4.69) is 10.4 Å². The van der Waals surface area contributed by atoms with E-state index in [1.807, 2.05) is 42.6 Å². The molecule has 0 saturated carbocycles. The second kappa shape index (κ2) is 4.53. The number of thiazole rings is 1. The normalized spacial score (nSPS) is 13.0. The van der Waals surface area contributed by atoms with Crippen molar-refractivity contribution >= 4 is 22.3 Å². The Morgan fingerprint density at radius 1 is 1.39 bits per heavy atom. The monoisotopic (exact) mass is 259 g/mol. The molecule has 0 spiro atoms. The molecular formula is C13H13N3OS. The van der Waals surface area contributed by atoms with Gasteiger partial charge in [0.05, 0.1) is 10.7 Å². The lowest BCUT2D eigenvalue weighted by atomic mass is 10.1. The molecule has 0 aliphatic rings. The van der Waals surface area contributed by atoms with Gasteiger partial charge in [-0.2, -0.15) is 0 Å². The van der Waals surface area contributed by atoms with Crippen LogP contribution in [-0.4, -0.2) is 4.98 Å². The Balaban J connectivity index is 2.05. The molecule has 2 heterocycles. The minimum Gasteiger partial charge on any atom is -0.459 e. The number of rotatable bonds is 3. The number of aryl methyl sites for hydroxylation is 1. The summed E-state index contributed by atoms with van der Waals surface area (Å²) in [6, 6.07) is 9.69. The molecule has 1 aromatic carbocycles. The molecule has 0 aliphatic carbocycles. The molecule has 3 rings (SSSR count). The Bertz CT molecular complexity index is 640. The van der Waals surface area contributed by atoms with Crippen LogP contribution in [0.4, 0.5) is 0 Å². The summed E-state index contributed by atoms with van der Waals surface area (Å²) in [4.78, 5) is 4.44. The lowest BCUT2D eigenvalue weighted by molar-refractivity contribution is 0.472. The predicted octanol–water partition coefficient (Wildman–Crippen LogP) is 2.75. The van der Waals surface area contributed by atoms with E-state index in [4.69, 9.17) is 10.3 Å². The molecule has 1 atom stereocenters. The number of nitrogens with two attached hydrogens (primary N) is 1. The molecular weight excluding hydrogens is 246 g/mol. The summed E-state index contributed by atoms with van der Waals surface area (Å²) >= 11 is 1.60. The first kappa shape index (κ1) is 11.4. The molecule has 5 heteroatoms. The van der Waals surface area contributed by atoms with Crippen molar-refractivity contribution in [2.75, 3.05) is 0 Å². The summed E-state index contributed by atoms with van der Waals surface area (Å²) < 4.78 is 5.81. The summed E-state index contributed by atoms with van der Waals surface area (Å²) in [6.07, 6.45) is 0. The highest BCUT2D eigenvalue weighted by atomic mass is 32.1. The van der Waals surface area contributed by atoms with Gasteiger partial charge in [-0.3, -0.25) is 5.84 Å². The fraction of sp³-hybridized carbons (Fsp3) is 0.154. The van der Waals surface area contributed by atoms with Crippen molar-refractivity contribution in [3.63, 3.8) is 0 Å². The number of fused-ring (bicyclic) bond motifs is 1. The predicted molar refractivity (Wildman–Crippen MR) is 72.2 cm³/mol. The summed E-state index contributed by atoms with van der Waals surface area (Å²) in [5.41, 5.74) is 4.51. The molecule has 92 valence electrons. The zero-order valence-corrected chi connectivity index (χ0v) is 10.7. The van der Waals surface area contributed by atoms with E-state index in [0.717, 1.165) is 27.4 Å². The highest BCUT2D eigenvalue weighted by Crippen LogP contribution is 2.28. The summed E-state index contributed by atoms with van der Waals surface area (Å²) in [5, 5.41) is 4.08. The van der Waals surface area contributed by atoms with Crippen molar-refractivity contribution in [1.29, 1.82) is 0 Å². The van der Waals surface area contributed by atoms with Crippen LogP contribution < -0.4 is 11.3 Å². The van der Waals surface area contributed by atoms with E-state index in [1.54, 1.807) is 11.3 Å². The first-order chi connectivity index (χ1) is 8.78. The van der Waals surface area contributed by atoms with Crippen LogP contribution >= 0.6 is 11.3 Å². The second-order valence-corrected chi connectivity index (χ2v) is 5.14. The summed E-state index contributed by atoms with van der Waals surface area (Å²) in [5.74, 6) is 6.40. The van der Waals surface area contributed by atoms with Gasteiger partial charge in [-0.05, 0) is 19.1 Å². The van der Waals surface area contributed by atoms with Crippen LogP contribution in [0.5, 0.6) is 0 Å². The number of furan rings is 1. The van der Waals surface area contributed by atoms with Gasteiger partial charge in [0.1, 0.15) is 17.4 Å². The van der Waals surface area contributed by atoms with Crippen molar-refractivity contribution in [2.45, 2.75) is 13.0 Å². The maximum atomic E-state index is 5.81. The van der Waals surface area contributed by atoms with E-state index in [-0.39, 0.29) is 6.04 Å². The highest BCUT2D eigenvalue weighted by molar-refractivity contribution is 7.09. The largest absolute Gasteiger partial charge is 0.459 e.